The Bertz CT molecular complexity index is 515. The summed E-state index contributed by atoms with van der Waals surface area (Å²) < 4.78 is 37.0. The fourth-order valence-electron chi connectivity index (χ4n) is 1.64. The fraction of sp³-hybridized carbons (Fsp3) is 0.538. The van der Waals surface area contributed by atoms with E-state index in [1.54, 1.807) is 6.07 Å². The van der Waals surface area contributed by atoms with Crippen LogP contribution in [0.2, 0.25) is 0 Å². The van der Waals surface area contributed by atoms with Gasteiger partial charge in [-0.05, 0) is 31.0 Å². The summed E-state index contributed by atoms with van der Waals surface area (Å²) in [6, 6.07) is 4.49. The standard InChI is InChI=1S/C13H21NO5S/c1-3-19-8-4-7-14-20(16,17)13-6-5-11(10-15)9-12(13)18-2/h5-6,9,14-15H,3-4,7-8,10H2,1-2H3. The highest BCUT2D eigenvalue weighted by Crippen LogP contribution is 2.24. The summed E-state index contributed by atoms with van der Waals surface area (Å²) in [7, 11) is -2.23. The SMILES string of the molecule is CCOCCCNS(=O)(=O)c1ccc(CO)cc1OC. The molecule has 0 unspecified atom stereocenters. The van der Waals surface area contributed by atoms with Crippen LogP contribution in [0.15, 0.2) is 23.1 Å². The van der Waals surface area contributed by atoms with Gasteiger partial charge in [0.05, 0.1) is 13.7 Å². The molecule has 0 aromatic heterocycles. The second-order valence-electron chi connectivity index (χ2n) is 4.09. The van der Waals surface area contributed by atoms with E-state index in [-0.39, 0.29) is 17.3 Å². The first-order valence-corrected chi connectivity index (χ1v) is 7.88. The van der Waals surface area contributed by atoms with Crippen LogP contribution < -0.4 is 9.46 Å². The predicted octanol–water partition coefficient (Wildman–Crippen LogP) is 0.892. The van der Waals surface area contributed by atoms with Gasteiger partial charge in [-0.3, -0.25) is 0 Å². The maximum absolute atomic E-state index is 12.1. The molecule has 2 N–H and O–H groups in total. The summed E-state index contributed by atoms with van der Waals surface area (Å²) in [6.07, 6.45) is 0.601. The second kappa shape index (κ2) is 8.21. The minimum absolute atomic E-state index is 0.0635. The van der Waals surface area contributed by atoms with Gasteiger partial charge in [-0.25, -0.2) is 13.1 Å². The van der Waals surface area contributed by atoms with E-state index in [1.807, 2.05) is 6.92 Å². The minimum atomic E-state index is -3.63. The summed E-state index contributed by atoms with van der Waals surface area (Å²) >= 11 is 0. The number of nitrogens with one attached hydrogen (secondary N) is 1. The number of benzene rings is 1. The van der Waals surface area contributed by atoms with Crippen molar-refractivity contribution in [2.24, 2.45) is 0 Å². The van der Waals surface area contributed by atoms with Crippen molar-refractivity contribution >= 4 is 10.0 Å². The lowest BCUT2D eigenvalue weighted by atomic mass is 10.2. The van der Waals surface area contributed by atoms with Gasteiger partial charge in [-0.1, -0.05) is 6.07 Å². The quantitative estimate of drug-likeness (QED) is 0.662. The third-order valence-electron chi connectivity index (χ3n) is 2.66. The Labute approximate surface area is 119 Å². The number of methoxy groups -OCH3 is 1. The monoisotopic (exact) mass is 303 g/mol. The van der Waals surface area contributed by atoms with E-state index in [9.17, 15) is 8.42 Å². The van der Waals surface area contributed by atoms with Crippen LogP contribution in [-0.2, 0) is 21.4 Å². The van der Waals surface area contributed by atoms with Gasteiger partial charge >= 0.3 is 0 Å². The topological polar surface area (TPSA) is 84.9 Å². The first-order valence-electron chi connectivity index (χ1n) is 6.40. The van der Waals surface area contributed by atoms with Crippen molar-refractivity contribution in [2.75, 3.05) is 26.9 Å². The van der Waals surface area contributed by atoms with E-state index in [1.165, 1.54) is 19.2 Å². The molecule has 1 aromatic rings. The van der Waals surface area contributed by atoms with Gasteiger partial charge in [0, 0.05) is 19.8 Å². The number of ether oxygens (including phenoxy) is 2. The maximum Gasteiger partial charge on any atom is 0.244 e. The summed E-state index contributed by atoms with van der Waals surface area (Å²) in [5.41, 5.74) is 0.595. The highest BCUT2D eigenvalue weighted by molar-refractivity contribution is 7.89. The lowest BCUT2D eigenvalue weighted by Gasteiger charge is -2.11. The lowest BCUT2D eigenvalue weighted by molar-refractivity contribution is 0.146. The average molecular weight is 303 g/mol. The molecule has 1 aromatic carbocycles. The third-order valence-corrected chi connectivity index (χ3v) is 4.16. The second-order valence-corrected chi connectivity index (χ2v) is 5.83. The highest BCUT2D eigenvalue weighted by atomic mass is 32.2. The molecule has 0 amide bonds. The van der Waals surface area contributed by atoms with Gasteiger partial charge in [0.1, 0.15) is 10.6 Å². The Morgan fingerprint density at radius 1 is 1.35 bits per heavy atom. The van der Waals surface area contributed by atoms with Crippen LogP contribution in [-0.4, -0.2) is 40.4 Å². The fourth-order valence-corrected chi connectivity index (χ4v) is 2.86. The molecule has 1 rings (SSSR count). The first kappa shape index (κ1) is 16.9. The number of hydrogen-bond acceptors (Lipinski definition) is 5. The van der Waals surface area contributed by atoms with Crippen molar-refractivity contribution in [2.45, 2.75) is 24.8 Å². The molecule has 0 saturated heterocycles. The molecular formula is C13H21NO5S. The van der Waals surface area contributed by atoms with E-state index < -0.39 is 10.0 Å². The minimum Gasteiger partial charge on any atom is -0.495 e. The average Bonchev–Trinajstić information content (AvgIpc) is 2.46. The molecule has 0 spiro atoms. The van der Waals surface area contributed by atoms with Gasteiger partial charge in [0.15, 0.2) is 0 Å². The van der Waals surface area contributed by atoms with Crippen molar-refractivity contribution < 1.29 is 23.0 Å². The van der Waals surface area contributed by atoms with Gasteiger partial charge < -0.3 is 14.6 Å². The summed E-state index contributed by atoms with van der Waals surface area (Å²) in [5, 5.41) is 9.04. The van der Waals surface area contributed by atoms with Crippen molar-refractivity contribution in [3.8, 4) is 5.75 Å². The molecule has 0 saturated carbocycles. The zero-order chi connectivity index (χ0) is 15.0. The van der Waals surface area contributed by atoms with Crippen molar-refractivity contribution in [1.29, 1.82) is 0 Å². The van der Waals surface area contributed by atoms with Crippen LogP contribution in [0.25, 0.3) is 0 Å². The number of aliphatic hydroxyl groups excluding tert-OH is 1. The molecule has 0 bridgehead atoms. The van der Waals surface area contributed by atoms with Crippen molar-refractivity contribution in [3.05, 3.63) is 23.8 Å². The van der Waals surface area contributed by atoms with Gasteiger partial charge in [-0.15, -0.1) is 0 Å². The van der Waals surface area contributed by atoms with Crippen LogP contribution in [0.3, 0.4) is 0 Å². The molecule has 0 atom stereocenters. The summed E-state index contributed by atoms with van der Waals surface area (Å²) in [4.78, 5) is 0.0635. The van der Waals surface area contributed by atoms with E-state index in [0.29, 0.717) is 31.7 Å². The van der Waals surface area contributed by atoms with Crippen LogP contribution >= 0.6 is 0 Å². The Hall–Kier alpha value is -1.15. The molecule has 0 radical (unpaired) electrons. The van der Waals surface area contributed by atoms with Crippen molar-refractivity contribution in [3.63, 3.8) is 0 Å². The Kier molecular flexibility index (Phi) is 6.94. The number of sulfonamides is 1. The molecule has 0 fully saturated rings. The zero-order valence-electron chi connectivity index (χ0n) is 11.8. The summed E-state index contributed by atoms with van der Waals surface area (Å²) in [5.74, 6) is 0.217. The maximum atomic E-state index is 12.1. The number of aliphatic hydroxyl groups is 1. The molecule has 0 aliphatic carbocycles. The van der Waals surface area contributed by atoms with Crippen LogP contribution in [0, 0.1) is 0 Å². The van der Waals surface area contributed by atoms with Gasteiger partial charge in [-0.2, -0.15) is 0 Å². The van der Waals surface area contributed by atoms with Crippen LogP contribution in [0.5, 0.6) is 5.75 Å². The molecule has 0 aliphatic heterocycles. The third kappa shape index (κ3) is 4.75. The molecule has 114 valence electrons. The van der Waals surface area contributed by atoms with Crippen molar-refractivity contribution in [1.82, 2.24) is 4.72 Å². The Morgan fingerprint density at radius 3 is 2.70 bits per heavy atom. The van der Waals surface area contributed by atoms with Crippen LogP contribution in [0.4, 0.5) is 0 Å². The lowest BCUT2D eigenvalue weighted by Crippen LogP contribution is -2.26. The van der Waals surface area contributed by atoms with E-state index in [2.05, 4.69) is 4.72 Å². The molecule has 20 heavy (non-hydrogen) atoms. The van der Waals surface area contributed by atoms with E-state index >= 15 is 0 Å². The van der Waals surface area contributed by atoms with Gasteiger partial charge in [0.25, 0.3) is 0 Å². The first-order chi connectivity index (χ1) is 9.55. The molecule has 0 heterocycles. The molecule has 0 aliphatic rings. The smallest absolute Gasteiger partial charge is 0.244 e. The highest BCUT2D eigenvalue weighted by Gasteiger charge is 2.19. The zero-order valence-corrected chi connectivity index (χ0v) is 12.6. The Balaban J connectivity index is 2.76. The molecule has 6 nitrogen and oxygen atoms in total. The summed E-state index contributed by atoms with van der Waals surface area (Å²) in [6.45, 7) is 3.15. The van der Waals surface area contributed by atoms with E-state index in [4.69, 9.17) is 14.6 Å². The largest absolute Gasteiger partial charge is 0.495 e. The van der Waals surface area contributed by atoms with E-state index in [0.717, 1.165) is 0 Å². The molecular weight excluding hydrogens is 282 g/mol. The number of hydrogen-bond donors (Lipinski definition) is 2. The van der Waals surface area contributed by atoms with Crippen LogP contribution in [0.1, 0.15) is 18.9 Å². The Morgan fingerprint density at radius 2 is 2.10 bits per heavy atom. The normalized spacial score (nSPS) is 11.6. The van der Waals surface area contributed by atoms with Gasteiger partial charge in [0.2, 0.25) is 10.0 Å². The molecule has 7 heteroatoms. The predicted molar refractivity (Wildman–Crippen MR) is 75.2 cm³/mol. The number of rotatable bonds is 9.